The molecule has 4 nitrogen and oxygen atoms in total. The van der Waals surface area contributed by atoms with Gasteiger partial charge in [0, 0.05) is 6.54 Å². The number of carbonyl (C=O) groups excluding carboxylic acids is 1. The Labute approximate surface area is 115 Å². The molecule has 0 unspecified atom stereocenters. The summed E-state index contributed by atoms with van der Waals surface area (Å²) < 4.78 is 6.37. The van der Waals surface area contributed by atoms with E-state index in [1.807, 2.05) is 6.92 Å². The normalized spacial score (nSPS) is 36.2. The molecule has 1 saturated heterocycles. The second-order valence-corrected chi connectivity index (χ2v) is 6.12. The highest BCUT2D eigenvalue weighted by Crippen LogP contribution is 2.61. The zero-order valence-corrected chi connectivity index (χ0v) is 12.4. The van der Waals surface area contributed by atoms with E-state index >= 15 is 0 Å². The lowest BCUT2D eigenvalue weighted by atomic mass is 9.60. The monoisotopic (exact) mass is 269 g/mol. The molecule has 0 aromatic rings. The molecule has 2 aliphatic rings. The molecule has 0 spiro atoms. The highest BCUT2D eigenvalue weighted by molar-refractivity contribution is 5.85. The van der Waals surface area contributed by atoms with Crippen molar-refractivity contribution in [1.29, 1.82) is 0 Å². The minimum Gasteiger partial charge on any atom is -0.393 e. The molecule has 2 fully saturated rings. The summed E-state index contributed by atoms with van der Waals surface area (Å²) in [6, 6.07) is 0. The van der Waals surface area contributed by atoms with Gasteiger partial charge in [0.05, 0.1) is 23.2 Å². The molecule has 1 saturated carbocycles. The van der Waals surface area contributed by atoms with Crippen molar-refractivity contribution >= 4 is 5.91 Å². The number of amides is 1. The Morgan fingerprint density at radius 3 is 2.47 bits per heavy atom. The first-order valence-electron chi connectivity index (χ1n) is 7.63. The molecular formula is C15H27NO3. The molecule has 4 heteroatoms. The number of fused-ring (bicyclic) bond motifs is 2. The molecule has 0 aromatic carbocycles. The van der Waals surface area contributed by atoms with Crippen LogP contribution in [0.15, 0.2) is 0 Å². The van der Waals surface area contributed by atoms with E-state index in [1.54, 1.807) is 0 Å². The third kappa shape index (κ3) is 1.91. The van der Waals surface area contributed by atoms with Crippen molar-refractivity contribution in [2.24, 2.45) is 5.41 Å². The van der Waals surface area contributed by atoms with Crippen molar-refractivity contribution in [2.75, 3.05) is 13.2 Å². The van der Waals surface area contributed by atoms with Crippen LogP contribution in [0.2, 0.25) is 0 Å². The standard InChI is InChI=1S/C15H27NO3/c1-4-15(5-2)14(12(18)16-6-3)9-7-8-13(10-14,11-17)19-15/h17H,4-11H2,1-3H3,(H,16,18)/t13-,14+/m0/s1. The fourth-order valence-electron chi connectivity index (χ4n) is 4.40. The molecule has 1 aliphatic carbocycles. The Hall–Kier alpha value is -0.610. The van der Waals surface area contributed by atoms with Crippen molar-refractivity contribution < 1.29 is 14.6 Å². The number of hydrogen-bond donors (Lipinski definition) is 2. The van der Waals surface area contributed by atoms with Crippen LogP contribution < -0.4 is 5.32 Å². The average Bonchev–Trinajstić information content (AvgIpc) is 2.65. The maximum atomic E-state index is 12.7. The minimum atomic E-state index is -0.491. The van der Waals surface area contributed by atoms with Crippen molar-refractivity contribution in [3.63, 3.8) is 0 Å². The lowest BCUT2D eigenvalue weighted by Crippen LogP contribution is -2.54. The molecule has 2 rings (SSSR count). The summed E-state index contributed by atoms with van der Waals surface area (Å²) >= 11 is 0. The van der Waals surface area contributed by atoms with Crippen LogP contribution in [0.1, 0.15) is 59.3 Å². The molecule has 1 aliphatic heterocycles. The number of carbonyl (C=O) groups is 1. The Balaban J connectivity index is 2.44. The third-order valence-corrected chi connectivity index (χ3v) is 5.35. The lowest BCUT2D eigenvalue weighted by molar-refractivity contribution is -0.156. The highest BCUT2D eigenvalue weighted by Gasteiger charge is 2.67. The highest BCUT2D eigenvalue weighted by atomic mass is 16.5. The topological polar surface area (TPSA) is 58.6 Å². The van der Waals surface area contributed by atoms with Crippen LogP contribution in [0, 0.1) is 5.41 Å². The van der Waals surface area contributed by atoms with Gasteiger partial charge in [-0.1, -0.05) is 13.8 Å². The fourth-order valence-corrected chi connectivity index (χ4v) is 4.40. The van der Waals surface area contributed by atoms with E-state index in [9.17, 15) is 9.90 Å². The summed E-state index contributed by atoms with van der Waals surface area (Å²) in [7, 11) is 0. The van der Waals surface area contributed by atoms with Crippen LogP contribution >= 0.6 is 0 Å². The van der Waals surface area contributed by atoms with E-state index in [4.69, 9.17) is 4.74 Å². The molecule has 0 radical (unpaired) electrons. The molecule has 2 N–H and O–H groups in total. The Kier molecular flexibility index (Phi) is 3.94. The largest absolute Gasteiger partial charge is 0.393 e. The second-order valence-electron chi connectivity index (χ2n) is 6.12. The third-order valence-electron chi connectivity index (χ3n) is 5.35. The first kappa shape index (κ1) is 14.8. The number of aliphatic hydroxyl groups excluding tert-OH is 1. The lowest BCUT2D eigenvalue weighted by Gasteiger charge is -2.42. The minimum absolute atomic E-state index is 0.0237. The van der Waals surface area contributed by atoms with Gasteiger partial charge < -0.3 is 15.2 Å². The molecule has 2 atom stereocenters. The van der Waals surface area contributed by atoms with E-state index < -0.39 is 16.6 Å². The Morgan fingerprint density at radius 2 is 1.95 bits per heavy atom. The second kappa shape index (κ2) is 5.06. The molecular weight excluding hydrogens is 242 g/mol. The van der Waals surface area contributed by atoms with Gasteiger partial charge in [0.2, 0.25) is 5.91 Å². The summed E-state index contributed by atoms with van der Waals surface area (Å²) in [5.41, 5.74) is -1.35. The predicted molar refractivity (Wildman–Crippen MR) is 73.8 cm³/mol. The first-order chi connectivity index (χ1) is 9.03. The summed E-state index contributed by atoms with van der Waals surface area (Å²) in [4.78, 5) is 12.7. The maximum absolute atomic E-state index is 12.7. The van der Waals surface area contributed by atoms with Gasteiger partial charge >= 0.3 is 0 Å². The van der Waals surface area contributed by atoms with Gasteiger partial charge in [-0.15, -0.1) is 0 Å². The predicted octanol–water partition coefficient (Wildman–Crippen LogP) is 2.00. The number of aliphatic hydroxyl groups is 1. The number of nitrogens with one attached hydrogen (secondary N) is 1. The average molecular weight is 269 g/mol. The maximum Gasteiger partial charge on any atom is 0.229 e. The van der Waals surface area contributed by atoms with Gasteiger partial charge in [-0.25, -0.2) is 0 Å². The van der Waals surface area contributed by atoms with E-state index in [0.29, 0.717) is 13.0 Å². The van der Waals surface area contributed by atoms with Crippen LogP contribution in [0.3, 0.4) is 0 Å². The summed E-state index contributed by atoms with van der Waals surface area (Å²) in [5.74, 6) is 0.119. The van der Waals surface area contributed by atoms with Gasteiger partial charge in [-0.2, -0.15) is 0 Å². The van der Waals surface area contributed by atoms with E-state index in [1.165, 1.54) is 0 Å². The van der Waals surface area contributed by atoms with Crippen LogP contribution in [-0.4, -0.2) is 35.4 Å². The summed E-state index contributed by atoms with van der Waals surface area (Å²) in [6.07, 6.45) is 5.02. The van der Waals surface area contributed by atoms with Crippen LogP contribution in [-0.2, 0) is 9.53 Å². The molecule has 1 heterocycles. The number of rotatable bonds is 5. The number of ether oxygens (including phenoxy) is 1. The Morgan fingerprint density at radius 1 is 1.26 bits per heavy atom. The van der Waals surface area contributed by atoms with Crippen molar-refractivity contribution in [1.82, 2.24) is 5.32 Å². The van der Waals surface area contributed by atoms with Gasteiger partial charge in [0.1, 0.15) is 0 Å². The van der Waals surface area contributed by atoms with Gasteiger partial charge in [0.15, 0.2) is 0 Å². The Bertz CT molecular complexity index is 353. The van der Waals surface area contributed by atoms with Gasteiger partial charge in [0.25, 0.3) is 0 Å². The van der Waals surface area contributed by atoms with Crippen LogP contribution in [0.25, 0.3) is 0 Å². The molecule has 0 aromatic heterocycles. The zero-order chi connectivity index (χ0) is 14.1. The smallest absolute Gasteiger partial charge is 0.229 e. The first-order valence-corrected chi connectivity index (χ1v) is 7.63. The summed E-state index contributed by atoms with van der Waals surface area (Å²) in [5, 5.41) is 12.8. The van der Waals surface area contributed by atoms with Crippen molar-refractivity contribution in [3.8, 4) is 0 Å². The molecule has 1 amide bonds. The zero-order valence-electron chi connectivity index (χ0n) is 12.4. The van der Waals surface area contributed by atoms with Crippen LogP contribution in [0.5, 0.6) is 0 Å². The molecule has 19 heavy (non-hydrogen) atoms. The van der Waals surface area contributed by atoms with Gasteiger partial charge in [-0.05, 0) is 45.4 Å². The number of hydrogen-bond acceptors (Lipinski definition) is 3. The SMILES string of the molecule is CCNC(=O)[C@@]12CCC[C@@](CO)(C1)OC2(CC)CC. The van der Waals surface area contributed by atoms with E-state index in [2.05, 4.69) is 19.2 Å². The van der Waals surface area contributed by atoms with E-state index in [-0.39, 0.29) is 12.5 Å². The van der Waals surface area contributed by atoms with Crippen LogP contribution in [0.4, 0.5) is 0 Å². The van der Waals surface area contributed by atoms with Crippen molar-refractivity contribution in [2.45, 2.75) is 70.5 Å². The van der Waals surface area contributed by atoms with Gasteiger partial charge in [-0.3, -0.25) is 4.79 Å². The quantitative estimate of drug-likeness (QED) is 0.802. The summed E-state index contributed by atoms with van der Waals surface area (Å²) in [6.45, 7) is 6.81. The van der Waals surface area contributed by atoms with Crippen molar-refractivity contribution in [3.05, 3.63) is 0 Å². The molecule has 110 valence electrons. The molecule has 2 bridgehead atoms. The fraction of sp³-hybridized carbons (Fsp3) is 0.933. The van der Waals surface area contributed by atoms with E-state index in [0.717, 1.165) is 32.1 Å².